The van der Waals surface area contributed by atoms with E-state index in [1.807, 2.05) is 0 Å². The average Bonchev–Trinajstić information content (AvgIpc) is 2.93. The summed E-state index contributed by atoms with van der Waals surface area (Å²) in [6.45, 7) is -1.53. The molecule has 0 saturated heterocycles. The molecule has 19 nitrogen and oxygen atoms in total. The predicted octanol–water partition coefficient (Wildman–Crippen LogP) is -4.27. The number of amides is 4. The van der Waals surface area contributed by atoms with Crippen LogP contribution in [0, 0.1) is 0 Å². The Morgan fingerprint density at radius 3 is 1.40 bits per heavy atom. The molecule has 0 bridgehead atoms. The van der Waals surface area contributed by atoms with Gasteiger partial charge >= 0.3 is 23.9 Å². The Hall–Kier alpha value is -3.95. The number of hydrogen-bond acceptors (Lipinski definition) is 13. The molecule has 21 heteroatoms. The molecule has 0 aromatic rings. The molecule has 0 aliphatic carbocycles. The fourth-order valence-electron chi connectivity index (χ4n) is 2.77. The number of carbonyl (C=O) groups excluding carboxylic acids is 5. The zero-order valence-electron chi connectivity index (χ0n) is 22.6. The Balaban J connectivity index is 5.12. The first-order valence-corrected chi connectivity index (χ1v) is 14.4. The van der Waals surface area contributed by atoms with Crippen LogP contribution < -0.4 is 32.7 Å². The van der Waals surface area contributed by atoms with Crippen LogP contribution in [0.15, 0.2) is 0 Å². The zero-order chi connectivity index (χ0) is 33.1. The number of rotatable bonds is 22. The highest BCUT2D eigenvalue weighted by Crippen LogP contribution is 2.13. The predicted molar refractivity (Wildman–Crippen MR) is 150 cm³/mol. The second-order valence-corrected chi connectivity index (χ2v) is 10.7. The number of nitrogens with one attached hydrogen (secondary N) is 4. The molecule has 0 aromatic heterocycles. The van der Waals surface area contributed by atoms with Gasteiger partial charge in [0.1, 0.15) is 37.3 Å². The van der Waals surface area contributed by atoms with E-state index in [1.54, 1.807) is 0 Å². The monoisotopic (exact) mass is 654 g/mol. The molecule has 0 aliphatic rings. The van der Waals surface area contributed by atoms with Crippen LogP contribution in [0.4, 0.5) is 0 Å². The standard InChI is InChI=1S/C22H34N6O13S2/c23-10(21(38)39)1-3-14(29)27-12(19(36)25-5-16(31)32)7-42-9-18(35)43-8-13(20(37)26-6-17(33)34)28-15(30)4-2-11(24)22(40)41/h10-13H,1-9,23-24H2,(H,25,36)(H,26,37)(H,27,29)(H,28,30)(H,31,32)(H,33,34)(H,38,39)(H,40,41). The van der Waals surface area contributed by atoms with Gasteiger partial charge in [0.15, 0.2) is 5.12 Å². The van der Waals surface area contributed by atoms with E-state index in [9.17, 15) is 43.2 Å². The molecule has 12 N–H and O–H groups in total. The summed E-state index contributed by atoms with van der Waals surface area (Å²) in [6, 6.07) is -5.34. The number of carbonyl (C=O) groups is 9. The van der Waals surface area contributed by atoms with Crippen LogP contribution >= 0.6 is 23.5 Å². The van der Waals surface area contributed by atoms with Gasteiger partial charge in [-0.15, -0.1) is 0 Å². The van der Waals surface area contributed by atoms with Crippen LogP contribution in [0.5, 0.6) is 0 Å². The maximum Gasteiger partial charge on any atom is 0.322 e. The molecule has 43 heavy (non-hydrogen) atoms. The summed E-state index contributed by atoms with van der Waals surface area (Å²) in [5.74, 6) is -9.56. The molecular formula is C22H34N6O13S2. The number of carboxylic acid groups (broad SMARTS) is 4. The summed E-state index contributed by atoms with van der Waals surface area (Å²) < 4.78 is 0. The molecule has 0 aromatic carbocycles. The Morgan fingerprint density at radius 2 is 1.02 bits per heavy atom. The van der Waals surface area contributed by atoms with Crippen molar-refractivity contribution in [2.24, 2.45) is 11.5 Å². The lowest BCUT2D eigenvalue weighted by Gasteiger charge is -2.19. The molecule has 0 rings (SSSR count). The van der Waals surface area contributed by atoms with Crippen molar-refractivity contribution in [3.05, 3.63) is 0 Å². The lowest BCUT2D eigenvalue weighted by Crippen LogP contribution is -2.50. The van der Waals surface area contributed by atoms with E-state index in [-0.39, 0.29) is 42.9 Å². The fraction of sp³-hybridized carbons (Fsp3) is 0.591. The molecular weight excluding hydrogens is 620 g/mol. The molecule has 242 valence electrons. The number of aliphatic carboxylic acids is 4. The molecule has 0 saturated carbocycles. The Labute approximate surface area is 252 Å². The van der Waals surface area contributed by atoms with Gasteiger partial charge in [-0.3, -0.25) is 43.2 Å². The maximum absolute atomic E-state index is 12.4. The summed E-state index contributed by atoms with van der Waals surface area (Å²) in [6.07, 6.45) is -1.21. The molecule has 0 heterocycles. The van der Waals surface area contributed by atoms with Gasteiger partial charge in [0.05, 0.1) is 5.75 Å². The minimum absolute atomic E-state index is 0.211. The summed E-state index contributed by atoms with van der Waals surface area (Å²) in [5, 5.41) is 43.4. The van der Waals surface area contributed by atoms with Crippen LogP contribution in [0.25, 0.3) is 0 Å². The van der Waals surface area contributed by atoms with E-state index >= 15 is 0 Å². The first kappa shape index (κ1) is 39.0. The van der Waals surface area contributed by atoms with Crippen molar-refractivity contribution in [1.29, 1.82) is 0 Å². The summed E-state index contributed by atoms with van der Waals surface area (Å²) in [4.78, 5) is 105. The van der Waals surface area contributed by atoms with Crippen LogP contribution in [0.1, 0.15) is 25.7 Å². The number of thioether (sulfide) groups is 2. The van der Waals surface area contributed by atoms with Crippen molar-refractivity contribution in [3.8, 4) is 0 Å². The fourth-order valence-corrected chi connectivity index (χ4v) is 4.69. The third kappa shape index (κ3) is 19.0. The third-order valence-electron chi connectivity index (χ3n) is 5.05. The zero-order valence-corrected chi connectivity index (χ0v) is 24.2. The van der Waals surface area contributed by atoms with Crippen molar-refractivity contribution in [2.45, 2.75) is 49.9 Å². The summed E-state index contributed by atoms with van der Waals surface area (Å²) in [7, 11) is 0. The van der Waals surface area contributed by atoms with Crippen LogP contribution in [0.2, 0.25) is 0 Å². The summed E-state index contributed by atoms with van der Waals surface area (Å²) in [5.41, 5.74) is 10.7. The topological polar surface area (TPSA) is 335 Å². The first-order valence-electron chi connectivity index (χ1n) is 12.3. The van der Waals surface area contributed by atoms with Crippen molar-refractivity contribution in [3.63, 3.8) is 0 Å². The normalized spacial score (nSPS) is 13.3. The number of nitrogens with two attached hydrogens (primary N) is 2. The van der Waals surface area contributed by atoms with Crippen LogP contribution in [-0.2, 0) is 43.2 Å². The average molecular weight is 655 g/mol. The highest BCUT2D eigenvalue weighted by atomic mass is 32.2. The van der Waals surface area contributed by atoms with E-state index in [2.05, 4.69) is 21.3 Å². The van der Waals surface area contributed by atoms with Gasteiger partial charge in [0, 0.05) is 24.3 Å². The van der Waals surface area contributed by atoms with E-state index < -0.39 is 89.9 Å². The lowest BCUT2D eigenvalue weighted by atomic mass is 10.1. The SMILES string of the molecule is NC(CCC(=O)NC(CSCC(=O)SCC(NC(=O)CCC(N)C(=O)O)C(=O)NCC(=O)O)C(=O)NCC(=O)O)C(=O)O. The van der Waals surface area contributed by atoms with Crippen molar-refractivity contribution < 1.29 is 63.6 Å². The van der Waals surface area contributed by atoms with Crippen LogP contribution in [-0.4, -0.2) is 128 Å². The highest BCUT2D eigenvalue weighted by Gasteiger charge is 2.25. The Morgan fingerprint density at radius 1 is 0.628 bits per heavy atom. The third-order valence-corrected chi connectivity index (χ3v) is 7.23. The van der Waals surface area contributed by atoms with Gasteiger partial charge in [-0.1, -0.05) is 11.8 Å². The van der Waals surface area contributed by atoms with E-state index in [0.29, 0.717) is 11.8 Å². The molecule has 0 fully saturated rings. The van der Waals surface area contributed by atoms with Gasteiger partial charge in [0.2, 0.25) is 23.6 Å². The van der Waals surface area contributed by atoms with Gasteiger partial charge in [0.25, 0.3) is 0 Å². The quantitative estimate of drug-likeness (QED) is 0.0528. The Kier molecular flexibility index (Phi) is 18.9. The largest absolute Gasteiger partial charge is 0.480 e. The van der Waals surface area contributed by atoms with Gasteiger partial charge in [-0.2, -0.15) is 11.8 Å². The van der Waals surface area contributed by atoms with Gasteiger partial charge in [-0.25, -0.2) is 0 Å². The molecule has 4 amide bonds. The van der Waals surface area contributed by atoms with Crippen LogP contribution in [0.3, 0.4) is 0 Å². The highest BCUT2D eigenvalue weighted by molar-refractivity contribution is 8.15. The first-order chi connectivity index (χ1) is 20.0. The maximum atomic E-state index is 12.4. The number of carboxylic acids is 4. The molecule has 0 aliphatic heterocycles. The minimum atomic E-state index is -1.38. The van der Waals surface area contributed by atoms with E-state index in [1.165, 1.54) is 0 Å². The molecule has 0 spiro atoms. The second-order valence-electron chi connectivity index (χ2n) is 8.63. The van der Waals surface area contributed by atoms with Gasteiger partial charge in [-0.05, 0) is 12.8 Å². The van der Waals surface area contributed by atoms with Crippen molar-refractivity contribution in [2.75, 3.05) is 30.3 Å². The minimum Gasteiger partial charge on any atom is -0.480 e. The summed E-state index contributed by atoms with van der Waals surface area (Å²) >= 11 is 1.44. The number of hydrogen-bond donors (Lipinski definition) is 10. The van der Waals surface area contributed by atoms with Gasteiger partial charge < -0.3 is 53.2 Å². The lowest BCUT2D eigenvalue weighted by molar-refractivity contribution is -0.140. The molecule has 0 radical (unpaired) electrons. The van der Waals surface area contributed by atoms with Crippen molar-refractivity contribution in [1.82, 2.24) is 21.3 Å². The van der Waals surface area contributed by atoms with E-state index in [0.717, 1.165) is 11.8 Å². The smallest absolute Gasteiger partial charge is 0.322 e. The molecule has 4 atom stereocenters. The Bertz CT molecular complexity index is 1060. The van der Waals surface area contributed by atoms with E-state index in [4.69, 9.17) is 31.9 Å². The van der Waals surface area contributed by atoms with Crippen molar-refractivity contribution >= 4 is 76.1 Å². The molecule has 4 unspecified atom stereocenters. The second kappa shape index (κ2) is 20.9.